The van der Waals surface area contributed by atoms with Gasteiger partial charge in [-0.05, 0) is 17.2 Å². The normalized spacial score (nSPS) is 17.7. The van der Waals surface area contributed by atoms with Crippen LogP contribution in [0.25, 0.3) is 11.1 Å². The maximum absolute atomic E-state index is 12.7. The van der Waals surface area contributed by atoms with Gasteiger partial charge in [-0.15, -0.1) is 0 Å². The molecular weight excluding hydrogens is 310 g/mol. The van der Waals surface area contributed by atoms with Gasteiger partial charge in [0.15, 0.2) is 5.78 Å². The highest BCUT2D eigenvalue weighted by Crippen LogP contribution is 2.40. The third-order valence-corrected chi connectivity index (χ3v) is 4.82. The van der Waals surface area contributed by atoms with Gasteiger partial charge in [0.2, 0.25) is 5.90 Å². The monoisotopic (exact) mass is 325 g/mol. The van der Waals surface area contributed by atoms with Crippen molar-refractivity contribution in [2.45, 2.75) is 6.04 Å². The van der Waals surface area contributed by atoms with E-state index in [4.69, 9.17) is 9.73 Å². The second-order valence-corrected chi connectivity index (χ2v) is 6.27. The second-order valence-electron chi connectivity index (χ2n) is 6.27. The van der Waals surface area contributed by atoms with Crippen molar-refractivity contribution in [3.8, 4) is 11.1 Å². The van der Waals surface area contributed by atoms with Crippen LogP contribution in [0.3, 0.4) is 0 Å². The molecule has 1 aliphatic heterocycles. The molecule has 3 aromatic rings. The first-order valence-corrected chi connectivity index (χ1v) is 8.36. The van der Waals surface area contributed by atoms with Gasteiger partial charge in [-0.1, -0.05) is 66.7 Å². The molecular formula is C22H15NO2. The molecule has 3 aromatic carbocycles. The molecule has 0 unspecified atom stereocenters. The maximum atomic E-state index is 12.7. The minimum Gasteiger partial charge on any atom is -0.475 e. The van der Waals surface area contributed by atoms with Gasteiger partial charge in [-0.25, -0.2) is 4.99 Å². The third kappa shape index (κ3) is 2.13. The quantitative estimate of drug-likeness (QED) is 0.547. The van der Waals surface area contributed by atoms with Crippen LogP contribution in [0, 0.1) is 0 Å². The van der Waals surface area contributed by atoms with Crippen LogP contribution in [0.1, 0.15) is 33.1 Å². The Morgan fingerprint density at radius 2 is 1.44 bits per heavy atom. The average Bonchev–Trinajstić information content (AvgIpc) is 3.27. The van der Waals surface area contributed by atoms with E-state index in [9.17, 15) is 4.79 Å². The van der Waals surface area contributed by atoms with Crippen LogP contribution >= 0.6 is 0 Å². The van der Waals surface area contributed by atoms with Crippen LogP contribution in [0.5, 0.6) is 0 Å². The molecule has 0 aromatic heterocycles. The number of fused-ring (bicyclic) bond motifs is 3. The van der Waals surface area contributed by atoms with E-state index in [2.05, 4.69) is 12.1 Å². The van der Waals surface area contributed by atoms with E-state index in [0.29, 0.717) is 12.5 Å². The van der Waals surface area contributed by atoms with Crippen LogP contribution in [0.15, 0.2) is 77.8 Å². The third-order valence-electron chi connectivity index (χ3n) is 4.82. The molecule has 1 heterocycles. The van der Waals surface area contributed by atoms with E-state index in [-0.39, 0.29) is 11.8 Å². The molecule has 1 aliphatic carbocycles. The fraction of sp³-hybridized carbons (Fsp3) is 0.0909. The number of hydrogen-bond donors (Lipinski definition) is 0. The van der Waals surface area contributed by atoms with Crippen molar-refractivity contribution in [2.24, 2.45) is 4.99 Å². The Kier molecular flexibility index (Phi) is 3.07. The summed E-state index contributed by atoms with van der Waals surface area (Å²) in [5.74, 6) is 0.695. The number of benzene rings is 3. The average molecular weight is 325 g/mol. The number of carbonyl (C=O) groups excluding carboxylic acids is 1. The first kappa shape index (κ1) is 14.2. The molecule has 0 N–H and O–H groups in total. The minimum atomic E-state index is -0.000551. The highest BCUT2D eigenvalue weighted by atomic mass is 16.5. The first-order valence-electron chi connectivity index (χ1n) is 8.36. The van der Waals surface area contributed by atoms with Gasteiger partial charge < -0.3 is 4.74 Å². The Balaban J connectivity index is 1.63. The van der Waals surface area contributed by atoms with Gasteiger partial charge in [0.1, 0.15) is 12.6 Å². The van der Waals surface area contributed by atoms with Crippen LogP contribution in [0.4, 0.5) is 0 Å². The summed E-state index contributed by atoms with van der Waals surface area (Å²) in [6.45, 7) is 0.526. The van der Waals surface area contributed by atoms with E-state index < -0.39 is 0 Å². The molecule has 0 bridgehead atoms. The van der Waals surface area contributed by atoms with E-state index in [0.717, 1.165) is 33.4 Å². The Hall–Kier alpha value is -3.20. The standard InChI is InChI=1S/C22H15NO2/c24-21-16-10-5-4-9-15(16)20-17(21)11-6-12-18(20)22-23-19(13-25-22)14-7-2-1-3-8-14/h1-12,19H,13H2/t19-/m1/s1. The summed E-state index contributed by atoms with van der Waals surface area (Å²) in [7, 11) is 0. The zero-order chi connectivity index (χ0) is 16.8. The zero-order valence-corrected chi connectivity index (χ0v) is 13.5. The van der Waals surface area contributed by atoms with E-state index in [1.807, 2.05) is 60.7 Å². The van der Waals surface area contributed by atoms with Crippen molar-refractivity contribution in [1.29, 1.82) is 0 Å². The summed E-state index contributed by atoms with van der Waals surface area (Å²) < 4.78 is 5.92. The second kappa shape index (κ2) is 5.42. The fourth-order valence-corrected chi connectivity index (χ4v) is 3.62. The lowest BCUT2D eigenvalue weighted by Crippen LogP contribution is -2.04. The molecule has 0 saturated carbocycles. The molecule has 0 saturated heterocycles. The molecule has 5 rings (SSSR count). The summed E-state index contributed by atoms with van der Waals surface area (Å²) in [5, 5.41) is 0. The molecule has 2 aliphatic rings. The molecule has 0 fully saturated rings. The molecule has 120 valence electrons. The molecule has 0 spiro atoms. The maximum Gasteiger partial charge on any atom is 0.217 e. The van der Waals surface area contributed by atoms with Gasteiger partial charge in [-0.2, -0.15) is 0 Å². The van der Waals surface area contributed by atoms with Crippen molar-refractivity contribution >= 4 is 11.7 Å². The highest BCUT2D eigenvalue weighted by Gasteiger charge is 2.31. The Labute approximate surface area is 145 Å². The van der Waals surface area contributed by atoms with E-state index in [1.54, 1.807) is 0 Å². The fourth-order valence-electron chi connectivity index (χ4n) is 3.62. The zero-order valence-electron chi connectivity index (χ0n) is 13.5. The van der Waals surface area contributed by atoms with Gasteiger partial charge in [0.25, 0.3) is 0 Å². The summed E-state index contributed by atoms with van der Waals surface area (Å²) in [6, 6.07) is 23.7. The molecule has 0 radical (unpaired) electrons. The minimum absolute atomic E-state index is 0.000551. The van der Waals surface area contributed by atoms with Crippen LogP contribution in [-0.2, 0) is 4.74 Å². The van der Waals surface area contributed by atoms with Crippen LogP contribution in [-0.4, -0.2) is 18.3 Å². The Bertz CT molecular complexity index is 1020. The largest absolute Gasteiger partial charge is 0.475 e. The Morgan fingerprint density at radius 1 is 0.760 bits per heavy atom. The topological polar surface area (TPSA) is 38.7 Å². The van der Waals surface area contributed by atoms with Gasteiger partial charge in [0, 0.05) is 22.3 Å². The lowest BCUT2D eigenvalue weighted by Gasteiger charge is -2.08. The van der Waals surface area contributed by atoms with Crippen molar-refractivity contribution < 1.29 is 9.53 Å². The number of ketones is 1. The number of ether oxygens (including phenoxy) is 1. The summed E-state index contributed by atoms with van der Waals surface area (Å²) in [5.41, 5.74) is 5.43. The first-order chi connectivity index (χ1) is 12.3. The number of hydrogen-bond acceptors (Lipinski definition) is 3. The van der Waals surface area contributed by atoms with Crippen LogP contribution < -0.4 is 0 Å². The van der Waals surface area contributed by atoms with E-state index >= 15 is 0 Å². The number of nitrogens with zero attached hydrogens (tertiary/aromatic N) is 1. The smallest absolute Gasteiger partial charge is 0.217 e. The molecule has 3 nitrogen and oxygen atoms in total. The lowest BCUT2D eigenvalue weighted by atomic mass is 9.99. The SMILES string of the molecule is O=C1c2ccccc2-c2c1cccc2C1=N[C@@H](c2ccccc2)CO1. The summed E-state index contributed by atoms with van der Waals surface area (Å²) >= 11 is 0. The van der Waals surface area contributed by atoms with Crippen molar-refractivity contribution in [3.05, 3.63) is 95.1 Å². The highest BCUT2D eigenvalue weighted by molar-refractivity contribution is 6.24. The molecule has 25 heavy (non-hydrogen) atoms. The van der Waals surface area contributed by atoms with Crippen molar-refractivity contribution in [2.75, 3.05) is 6.61 Å². The van der Waals surface area contributed by atoms with Gasteiger partial charge >= 0.3 is 0 Å². The predicted octanol–water partition coefficient (Wildman–Crippen LogP) is 4.42. The van der Waals surface area contributed by atoms with Crippen molar-refractivity contribution in [3.63, 3.8) is 0 Å². The van der Waals surface area contributed by atoms with Crippen LogP contribution in [0.2, 0.25) is 0 Å². The van der Waals surface area contributed by atoms with E-state index in [1.165, 1.54) is 0 Å². The predicted molar refractivity (Wildman–Crippen MR) is 97.0 cm³/mol. The summed E-state index contributed by atoms with van der Waals surface area (Å²) in [6.07, 6.45) is 0. The number of aliphatic imine (C=N–C) groups is 1. The van der Waals surface area contributed by atoms with Crippen molar-refractivity contribution in [1.82, 2.24) is 0 Å². The lowest BCUT2D eigenvalue weighted by molar-refractivity contribution is 0.104. The van der Waals surface area contributed by atoms with Gasteiger partial charge in [-0.3, -0.25) is 4.79 Å². The number of carbonyl (C=O) groups is 1. The molecule has 0 amide bonds. The number of rotatable bonds is 2. The van der Waals surface area contributed by atoms with Gasteiger partial charge in [0.05, 0.1) is 0 Å². The summed E-state index contributed by atoms with van der Waals surface area (Å²) in [4.78, 5) is 17.4. The Morgan fingerprint density at radius 3 is 2.28 bits per heavy atom. The molecule has 1 atom stereocenters. The molecule has 3 heteroatoms.